The summed E-state index contributed by atoms with van der Waals surface area (Å²) in [6.45, 7) is 3.90. The molecule has 1 unspecified atom stereocenters. The maximum atomic E-state index is 12.3. The van der Waals surface area contributed by atoms with Gasteiger partial charge in [-0.15, -0.1) is 0 Å². The smallest absolute Gasteiger partial charge is 0.251 e. The van der Waals surface area contributed by atoms with Gasteiger partial charge in [0.05, 0.1) is 12.6 Å². The summed E-state index contributed by atoms with van der Waals surface area (Å²) in [4.78, 5) is 24.5. The number of carbonyl (C=O) groups is 2. The van der Waals surface area contributed by atoms with Crippen LogP contribution in [0.3, 0.4) is 0 Å². The van der Waals surface area contributed by atoms with Crippen molar-refractivity contribution in [1.82, 2.24) is 10.6 Å². The van der Waals surface area contributed by atoms with Gasteiger partial charge in [0.15, 0.2) is 0 Å². The first-order valence-corrected chi connectivity index (χ1v) is 8.76. The summed E-state index contributed by atoms with van der Waals surface area (Å²) in [6.07, 6.45) is 3.07. The highest BCUT2D eigenvalue weighted by Gasteiger charge is 2.21. The molecule has 130 valence electrons. The first kappa shape index (κ1) is 17.2. The van der Waals surface area contributed by atoms with E-state index in [1.165, 1.54) is 11.1 Å². The van der Waals surface area contributed by atoms with Crippen molar-refractivity contribution in [3.8, 4) is 0 Å². The first-order valence-electron chi connectivity index (χ1n) is 8.76. The van der Waals surface area contributed by atoms with Crippen molar-refractivity contribution >= 4 is 11.8 Å². The van der Waals surface area contributed by atoms with Gasteiger partial charge in [-0.05, 0) is 56.4 Å². The summed E-state index contributed by atoms with van der Waals surface area (Å²) in [5.74, 6) is -0.370. The maximum Gasteiger partial charge on any atom is 0.251 e. The standard InChI is InChI=1S/C21H24N2O2/c1-14-10-15(2)12-17(11-14)21(25)22-13-20(24)23-19-9-5-7-16-6-3-4-8-18(16)19/h3-4,6,8,10-12,19H,5,7,9,13H2,1-2H3,(H,22,25)(H,23,24). The lowest BCUT2D eigenvalue weighted by molar-refractivity contribution is -0.121. The fraction of sp³-hybridized carbons (Fsp3) is 0.333. The third-order valence-corrected chi connectivity index (χ3v) is 4.60. The third-order valence-electron chi connectivity index (χ3n) is 4.60. The Morgan fingerprint density at radius 3 is 2.56 bits per heavy atom. The molecule has 1 atom stereocenters. The number of rotatable bonds is 4. The summed E-state index contributed by atoms with van der Waals surface area (Å²) in [5.41, 5.74) is 5.16. The predicted octanol–water partition coefficient (Wildman–Crippen LogP) is 3.23. The van der Waals surface area contributed by atoms with Gasteiger partial charge in [-0.1, -0.05) is 41.5 Å². The quantitative estimate of drug-likeness (QED) is 0.900. The lowest BCUT2D eigenvalue weighted by Crippen LogP contribution is -2.39. The summed E-state index contributed by atoms with van der Waals surface area (Å²) in [6, 6.07) is 14.0. The molecule has 0 heterocycles. The van der Waals surface area contributed by atoms with Crippen molar-refractivity contribution in [3.05, 3.63) is 70.3 Å². The lowest BCUT2D eigenvalue weighted by Gasteiger charge is -2.26. The van der Waals surface area contributed by atoms with Crippen molar-refractivity contribution in [2.45, 2.75) is 39.2 Å². The predicted molar refractivity (Wildman–Crippen MR) is 98.5 cm³/mol. The number of hydrogen-bond donors (Lipinski definition) is 2. The van der Waals surface area contributed by atoms with E-state index in [2.05, 4.69) is 22.8 Å². The second kappa shape index (κ2) is 7.51. The Labute approximate surface area is 148 Å². The van der Waals surface area contributed by atoms with Crippen LogP contribution in [0.15, 0.2) is 42.5 Å². The summed E-state index contributed by atoms with van der Waals surface area (Å²) < 4.78 is 0. The molecule has 0 aromatic heterocycles. The van der Waals surface area contributed by atoms with Crippen LogP contribution in [-0.4, -0.2) is 18.4 Å². The molecule has 2 amide bonds. The van der Waals surface area contributed by atoms with Gasteiger partial charge in [-0.2, -0.15) is 0 Å². The Kier molecular flexibility index (Phi) is 5.17. The molecule has 25 heavy (non-hydrogen) atoms. The monoisotopic (exact) mass is 336 g/mol. The van der Waals surface area contributed by atoms with Crippen LogP contribution in [0, 0.1) is 13.8 Å². The van der Waals surface area contributed by atoms with Gasteiger partial charge < -0.3 is 10.6 Å². The van der Waals surface area contributed by atoms with Gasteiger partial charge in [-0.3, -0.25) is 9.59 Å². The highest BCUT2D eigenvalue weighted by Crippen LogP contribution is 2.29. The lowest BCUT2D eigenvalue weighted by atomic mass is 9.88. The molecule has 3 rings (SSSR count). The molecule has 0 radical (unpaired) electrons. The Hall–Kier alpha value is -2.62. The Balaban J connectivity index is 1.58. The number of fused-ring (bicyclic) bond motifs is 1. The Bertz CT molecular complexity index is 778. The minimum atomic E-state index is -0.217. The summed E-state index contributed by atoms with van der Waals surface area (Å²) in [7, 11) is 0. The van der Waals surface area contributed by atoms with Crippen LogP contribution >= 0.6 is 0 Å². The van der Waals surface area contributed by atoms with Crippen LogP contribution in [0.25, 0.3) is 0 Å². The molecule has 4 heteroatoms. The number of benzene rings is 2. The second-order valence-electron chi connectivity index (χ2n) is 6.77. The van der Waals surface area contributed by atoms with E-state index in [0.29, 0.717) is 5.56 Å². The van der Waals surface area contributed by atoms with Crippen LogP contribution in [0.1, 0.15) is 51.5 Å². The summed E-state index contributed by atoms with van der Waals surface area (Å²) in [5, 5.41) is 5.77. The Morgan fingerprint density at radius 2 is 1.80 bits per heavy atom. The molecule has 1 aliphatic carbocycles. The van der Waals surface area contributed by atoms with Crippen LogP contribution < -0.4 is 10.6 Å². The molecule has 0 saturated heterocycles. The molecule has 2 N–H and O–H groups in total. The van der Waals surface area contributed by atoms with Gasteiger partial charge in [0.1, 0.15) is 0 Å². The van der Waals surface area contributed by atoms with Crippen molar-refractivity contribution < 1.29 is 9.59 Å². The molecular formula is C21H24N2O2. The van der Waals surface area contributed by atoms with Crippen molar-refractivity contribution in [3.63, 3.8) is 0 Å². The van der Waals surface area contributed by atoms with Gasteiger partial charge >= 0.3 is 0 Å². The van der Waals surface area contributed by atoms with Crippen LogP contribution in [0.2, 0.25) is 0 Å². The minimum absolute atomic E-state index is 0.00943. The fourth-order valence-corrected chi connectivity index (χ4v) is 3.52. The average molecular weight is 336 g/mol. The topological polar surface area (TPSA) is 58.2 Å². The van der Waals surface area contributed by atoms with Gasteiger partial charge in [0.25, 0.3) is 5.91 Å². The number of aryl methyl sites for hydroxylation is 3. The average Bonchev–Trinajstić information content (AvgIpc) is 2.59. The van der Waals surface area contributed by atoms with Crippen molar-refractivity contribution in [2.24, 2.45) is 0 Å². The van der Waals surface area contributed by atoms with E-state index >= 15 is 0 Å². The zero-order chi connectivity index (χ0) is 17.8. The molecule has 0 bridgehead atoms. The zero-order valence-electron chi connectivity index (χ0n) is 14.8. The molecule has 0 saturated carbocycles. The minimum Gasteiger partial charge on any atom is -0.348 e. The van der Waals surface area contributed by atoms with E-state index in [-0.39, 0.29) is 24.4 Å². The highest BCUT2D eigenvalue weighted by molar-refractivity contribution is 5.96. The molecule has 2 aromatic rings. The molecule has 0 fully saturated rings. The largest absolute Gasteiger partial charge is 0.348 e. The number of hydrogen-bond acceptors (Lipinski definition) is 2. The summed E-state index contributed by atoms with van der Waals surface area (Å²) >= 11 is 0. The van der Waals surface area contributed by atoms with E-state index in [1.54, 1.807) is 0 Å². The van der Waals surface area contributed by atoms with Crippen molar-refractivity contribution in [1.29, 1.82) is 0 Å². The van der Waals surface area contributed by atoms with E-state index in [1.807, 2.05) is 44.2 Å². The normalized spacial score (nSPS) is 16.0. The van der Waals surface area contributed by atoms with E-state index in [0.717, 1.165) is 30.4 Å². The van der Waals surface area contributed by atoms with Crippen molar-refractivity contribution in [2.75, 3.05) is 6.54 Å². The number of nitrogens with one attached hydrogen (secondary N) is 2. The SMILES string of the molecule is Cc1cc(C)cc(C(=O)NCC(=O)NC2CCCc3ccccc32)c1. The van der Waals surface area contributed by atoms with Crippen LogP contribution in [0.5, 0.6) is 0 Å². The van der Waals surface area contributed by atoms with Gasteiger partial charge in [0.2, 0.25) is 5.91 Å². The molecule has 1 aliphatic rings. The van der Waals surface area contributed by atoms with Crippen LogP contribution in [-0.2, 0) is 11.2 Å². The van der Waals surface area contributed by atoms with E-state index < -0.39 is 0 Å². The number of carbonyl (C=O) groups excluding carboxylic acids is 2. The van der Waals surface area contributed by atoms with Gasteiger partial charge in [-0.25, -0.2) is 0 Å². The molecular weight excluding hydrogens is 312 g/mol. The zero-order valence-corrected chi connectivity index (χ0v) is 14.8. The third kappa shape index (κ3) is 4.27. The maximum absolute atomic E-state index is 12.3. The first-order chi connectivity index (χ1) is 12.0. The van der Waals surface area contributed by atoms with Crippen LogP contribution in [0.4, 0.5) is 0 Å². The van der Waals surface area contributed by atoms with E-state index in [4.69, 9.17) is 0 Å². The fourth-order valence-electron chi connectivity index (χ4n) is 3.52. The van der Waals surface area contributed by atoms with E-state index in [9.17, 15) is 9.59 Å². The number of amides is 2. The second-order valence-corrected chi connectivity index (χ2v) is 6.77. The molecule has 2 aromatic carbocycles. The van der Waals surface area contributed by atoms with Gasteiger partial charge in [0, 0.05) is 5.56 Å². The molecule has 4 nitrogen and oxygen atoms in total. The molecule has 0 aliphatic heterocycles. The molecule has 0 spiro atoms. The Morgan fingerprint density at radius 1 is 1.08 bits per heavy atom. The highest BCUT2D eigenvalue weighted by atomic mass is 16.2.